The van der Waals surface area contributed by atoms with Crippen LogP contribution >= 0.6 is 0 Å². The fourth-order valence-corrected chi connectivity index (χ4v) is 3.53. The minimum atomic E-state index is -0.0522. The van der Waals surface area contributed by atoms with E-state index in [-0.39, 0.29) is 11.7 Å². The van der Waals surface area contributed by atoms with Crippen molar-refractivity contribution in [3.8, 4) is 17.5 Å². The molecule has 1 atom stereocenters. The molecule has 0 spiro atoms. The first-order valence-corrected chi connectivity index (χ1v) is 10.5. The Balaban J connectivity index is 1.64. The average Bonchev–Trinajstić information content (AvgIpc) is 3.10. The molecule has 2 heterocycles. The second kappa shape index (κ2) is 9.73. The van der Waals surface area contributed by atoms with Crippen molar-refractivity contribution in [1.29, 1.82) is 10.8 Å². The molecule has 3 aromatic rings. The molecular formula is C26H21N7. The van der Waals surface area contributed by atoms with Crippen LogP contribution in [0, 0.1) is 23.8 Å². The fourth-order valence-electron chi connectivity index (χ4n) is 3.53. The normalized spacial score (nSPS) is 13.5. The molecule has 0 saturated heterocycles. The van der Waals surface area contributed by atoms with Gasteiger partial charge in [-0.2, -0.15) is 5.26 Å². The summed E-state index contributed by atoms with van der Waals surface area (Å²) in [6.07, 6.45) is 12.8. The van der Waals surface area contributed by atoms with E-state index in [1.54, 1.807) is 42.9 Å². The number of aryl methyl sites for hydroxylation is 1. The van der Waals surface area contributed by atoms with E-state index >= 15 is 0 Å². The number of benzene rings is 1. The van der Waals surface area contributed by atoms with Crippen LogP contribution in [0.15, 0.2) is 83.6 Å². The summed E-state index contributed by atoms with van der Waals surface area (Å²) in [4.78, 5) is 17.9. The first-order valence-electron chi connectivity index (χ1n) is 10.5. The first-order chi connectivity index (χ1) is 16.1. The van der Waals surface area contributed by atoms with Gasteiger partial charge < -0.3 is 0 Å². The first kappa shape index (κ1) is 21.7. The van der Waals surface area contributed by atoms with Crippen molar-refractivity contribution in [3.05, 3.63) is 101 Å². The maximum Gasteiger partial charge on any atom is 0.195 e. The van der Waals surface area contributed by atoms with Crippen LogP contribution in [0.3, 0.4) is 0 Å². The van der Waals surface area contributed by atoms with Crippen molar-refractivity contribution in [2.75, 3.05) is 0 Å². The Morgan fingerprint density at radius 1 is 1.18 bits per heavy atom. The van der Waals surface area contributed by atoms with Gasteiger partial charge in [-0.15, -0.1) is 10.8 Å². The zero-order chi connectivity index (χ0) is 23.2. The molecule has 7 heteroatoms. The summed E-state index contributed by atoms with van der Waals surface area (Å²) in [5.74, 6) is 0.910. The summed E-state index contributed by atoms with van der Waals surface area (Å²) in [6.45, 7) is 3.99. The second-order valence-electron chi connectivity index (χ2n) is 7.76. The van der Waals surface area contributed by atoms with E-state index in [4.69, 9.17) is 10.5 Å². The van der Waals surface area contributed by atoms with Gasteiger partial charge in [-0.25, -0.2) is 25.5 Å². The predicted octanol–water partition coefficient (Wildman–Crippen LogP) is 5.81. The Bertz CT molecular complexity index is 1370. The Kier molecular flexibility index (Phi) is 6.40. The zero-order valence-electron chi connectivity index (χ0n) is 18.3. The summed E-state index contributed by atoms with van der Waals surface area (Å²) in [5, 5.41) is 12.9. The number of allylic oxidation sites excluding steroid dienone is 5. The van der Waals surface area contributed by atoms with E-state index < -0.39 is 0 Å². The number of nitriles is 1. The maximum atomic E-state index is 9.28. The molecule has 0 bridgehead atoms. The van der Waals surface area contributed by atoms with Crippen molar-refractivity contribution in [2.24, 2.45) is 5.11 Å². The molecular weight excluding hydrogens is 410 g/mol. The van der Waals surface area contributed by atoms with Gasteiger partial charge in [0, 0.05) is 29.4 Å². The van der Waals surface area contributed by atoms with E-state index in [0.717, 1.165) is 16.7 Å². The van der Waals surface area contributed by atoms with Crippen LogP contribution in [0.25, 0.3) is 17.0 Å². The molecule has 1 aromatic carbocycles. The Morgan fingerprint density at radius 3 is 2.76 bits per heavy atom. The molecule has 0 saturated carbocycles. The summed E-state index contributed by atoms with van der Waals surface area (Å²) in [6, 6.07) is 10.2. The lowest BCUT2D eigenvalue weighted by Crippen LogP contribution is -2.05. The highest BCUT2D eigenvalue weighted by molar-refractivity contribution is 5.74. The lowest BCUT2D eigenvalue weighted by Gasteiger charge is -2.14. The number of nitrogens with one attached hydrogen (secondary N) is 1. The van der Waals surface area contributed by atoms with Crippen LogP contribution < -0.4 is 0 Å². The van der Waals surface area contributed by atoms with Crippen molar-refractivity contribution in [2.45, 2.75) is 26.2 Å². The van der Waals surface area contributed by atoms with Gasteiger partial charge >= 0.3 is 0 Å². The van der Waals surface area contributed by atoms with Crippen LogP contribution in [-0.4, -0.2) is 19.9 Å². The van der Waals surface area contributed by atoms with Crippen LogP contribution in [0.1, 0.15) is 35.4 Å². The van der Waals surface area contributed by atoms with Crippen LogP contribution in [0.4, 0.5) is 5.82 Å². The number of hydrogen-bond donors (Lipinski definition) is 1. The minimum absolute atomic E-state index is 0.0522. The molecule has 1 unspecified atom stereocenters. The van der Waals surface area contributed by atoms with Gasteiger partial charge in [0.2, 0.25) is 0 Å². The van der Waals surface area contributed by atoms with Crippen molar-refractivity contribution in [1.82, 2.24) is 19.9 Å². The summed E-state index contributed by atoms with van der Waals surface area (Å²) >= 11 is 0. The molecule has 4 rings (SSSR count). The third-order valence-electron chi connectivity index (χ3n) is 5.18. The molecule has 160 valence electrons. The van der Waals surface area contributed by atoms with Gasteiger partial charge in [-0.1, -0.05) is 31.2 Å². The van der Waals surface area contributed by atoms with E-state index in [1.165, 1.54) is 0 Å². The highest BCUT2D eigenvalue weighted by Crippen LogP contribution is 2.29. The molecule has 1 aliphatic rings. The van der Waals surface area contributed by atoms with Gasteiger partial charge in [-0.3, -0.25) is 0 Å². The third kappa shape index (κ3) is 5.04. The molecule has 2 aromatic heterocycles. The maximum absolute atomic E-state index is 9.28. The molecule has 0 fully saturated rings. The SMILES string of the molecule is Cc1cnc(-c2cccc(CC(C)c3nc(C4=C=CC=CC(C#N)=C4)cnc3N=N)c2)nc1. The second-order valence-corrected chi connectivity index (χ2v) is 7.76. The van der Waals surface area contributed by atoms with E-state index in [1.807, 2.05) is 32.0 Å². The fraction of sp³-hybridized carbons (Fsp3) is 0.154. The lowest BCUT2D eigenvalue weighted by molar-refractivity contribution is 0.721. The molecule has 7 nitrogen and oxygen atoms in total. The van der Waals surface area contributed by atoms with Gasteiger partial charge in [0.05, 0.1) is 29.2 Å². The van der Waals surface area contributed by atoms with E-state index in [2.05, 4.69) is 37.9 Å². The molecule has 0 radical (unpaired) electrons. The quantitative estimate of drug-likeness (QED) is 0.391. The van der Waals surface area contributed by atoms with E-state index in [9.17, 15) is 5.26 Å². The number of rotatable bonds is 6. The summed E-state index contributed by atoms with van der Waals surface area (Å²) in [5.41, 5.74) is 16.1. The minimum Gasteiger partial charge on any atom is -0.246 e. The largest absolute Gasteiger partial charge is 0.246 e. The molecule has 0 aliphatic heterocycles. The Hall–Kier alpha value is -4.53. The highest BCUT2D eigenvalue weighted by Gasteiger charge is 2.17. The van der Waals surface area contributed by atoms with Crippen LogP contribution in [0.5, 0.6) is 0 Å². The monoisotopic (exact) mass is 431 g/mol. The van der Waals surface area contributed by atoms with Crippen molar-refractivity contribution in [3.63, 3.8) is 0 Å². The van der Waals surface area contributed by atoms with E-state index in [0.29, 0.717) is 34.8 Å². The molecule has 1 N–H and O–H groups in total. The third-order valence-corrected chi connectivity index (χ3v) is 5.18. The summed E-state index contributed by atoms with van der Waals surface area (Å²) in [7, 11) is 0. The average molecular weight is 432 g/mol. The standard InChI is InChI=1S/C26H21N7/c1-17-14-29-25(30-15-17)22-9-5-7-19(11-22)10-18(2)24-26(33-28)31-16-23(32-24)21-8-4-3-6-20(12-21)13-27/h3-7,9,11-12,14-16,18,28H,10H2,1-2H3. The van der Waals surface area contributed by atoms with Gasteiger partial charge in [-0.05, 0) is 48.8 Å². The Morgan fingerprint density at radius 2 is 2.00 bits per heavy atom. The van der Waals surface area contributed by atoms with Gasteiger partial charge in [0.1, 0.15) is 0 Å². The number of nitrogens with zero attached hydrogens (tertiary/aromatic N) is 6. The van der Waals surface area contributed by atoms with Crippen LogP contribution in [0.2, 0.25) is 0 Å². The molecule has 33 heavy (non-hydrogen) atoms. The smallest absolute Gasteiger partial charge is 0.195 e. The van der Waals surface area contributed by atoms with Gasteiger partial charge in [0.15, 0.2) is 11.6 Å². The molecule has 1 aliphatic carbocycles. The van der Waals surface area contributed by atoms with Crippen LogP contribution in [-0.2, 0) is 6.42 Å². The highest BCUT2D eigenvalue weighted by atomic mass is 15.1. The predicted molar refractivity (Wildman–Crippen MR) is 125 cm³/mol. The number of aromatic nitrogens is 4. The topological polar surface area (TPSA) is 112 Å². The molecule has 0 amide bonds. The Labute approximate surface area is 192 Å². The summed E-state index contributed by atoms with van der Waals surface area (Å²) < 4.78 is 0. The number of hydrogen-bond acceptors (Lipinski definition) is 7. The van der Waals surface area contributed by atoms with Gasteiger partial charge in [0.25, 0.3) is 0 Å². The lowest BCUT2D eigenvalue weighted by atomic mass is 9.96. The van der Waals surface area contributed by atoms with Crippen molar-refractivity contribution >= 4 is 11.4 Å². The zero-order valence-corrected chi connectivity index (χ0v) is 18.3. The van der Waals surface area contributed by atoms with Crippen molar-refractivity contribution < 1.29 is 0 Å².